The summed E-state index contributed by atoms with van der Waals surface area (Å²) in [5.74, 6) is -0.0540. The second kappa shape index (κ2) is 7.18. The van der Waals surface area contributed by atoms with E-state index < -0.39 is 9.84 Å². The summed E-state index contributed by atoms with van der Waals surface area (Å²) in [5, 5.41) is 2.96. The van der Waals surface area contributed by atoms with E-state index in [0.29, 0.717) is 6.42 Å². The van der Waals surface area contributed by atoms with E-state index in [0.717, 1.165) is 16.7 Å². The van der Waals surface area contributed by atoms with Gasteiger partial charge in [-0.2, -0.15) is 0 Å². The zero-order valence-corrected chi connectivity index (χ0v) is 15.3. The number of hydrogen-bond donors (Lipinski definition) is 1. The molecule has 0 aromatic heterocycles. The highest BCUT2D eigenvalue weighted by Gasteiger charge is 2.13. The zero-order valence-electron chi connectivity index (χ0n) is 14.5. The monoisotopic (exact) mass is 345 g/mol. The molecule has 0 saturated carbocycles. The van der Waals surface area contributed by atoms with E-state index in [1.165, 1.54) is 11.8 Å². The first-order valence-electron chi connectivity index (χ1n) is 7.82. The van der Waals surface area contributed by atoms with Crippen LogP contribution in [0.2, 0.25) is 0 Å². The van der Waals surface area contributed by atoms with Gasteiger partial charge in [0.1, 0.15) is 0 Å². The van der Waals surface area contributed by atoms with Crippen LogP contribution in [0.3, 0.4) is 0 Å². The van der Waals surface area contributed by atoms with Crippen LogP contribution < -0.4 is 5.32 Å². The van der Waals surface area contributed by atoms with Crippen molar-refractivity contribution in [2.24, 2.45) is 0 Å². The molecule has 0 saturated heterocycles. The Morgan fingerprint density at radius 1 is 1.08 bits per heavy atom. The molecule has 1 atom stereocenters. The lowest BCUT2D eigenvalue weighted by atomic mass is 10.0. The van der Waals surface area contributed by atoms with E-state index in [1.54, 1.807) is 24.3 Å². The maximum atomic E-state index is 12.3. The molecule has 5 heteroatoms. The van der Waals surface area contributed by atoms with E-state index in [1.807, 2.05) is 32.9 Å². The highest BCUT2D eigenvalue weighted by molar-refractivity contribution is 7.90. The predicted octanol–water partition coefficient (Wildman–Crippen LogP) is 3.13. The van der Waals surface area contributed by atoms with Crippen LogP contribution in [0.25, 0.3) is 0 Å². The van der Waals surface area contributed by atoms with E-state index in [9.17, 15) is 13.2 Å². The largest absolute Gasteiger partial charge is 0.349 e. The molecule has 0 aliphatic carbocycles. The number of sulfone groups is 1. The van der Waals surface area contributed by atoms with Gasteiger partial charge in [0, 0.05) is 6.26 Å². The fourth-order valence-corrected chi connectivity index (χ4v) is 3.23. The molecule has 0 heterocycles. The van der Waals surface area contributed by atoms with Gasteiger partial charge in [-0.3, -0.25) is 4.79 Å². The molecule has 2 rings (SSSR count). The fourth-order valence-electron chi connectivity index (χ4n) is 2.60. The Balaban J connectivity index is 2.03. The van der Waals surface area contributed by atoms with Crippen LogP contribution in [-0.4, -0.2) is 20.6 Å². The number of carbonyl (C=O) groups excluding carboxylic acids is 1. The van der Waals surface area contributed by atoms with Gasteiger partial charge in [0.05, 0.1) is 17.4 Å². The molecule has 1 amide bonds. The zero-order chi connectivity index (χ0) is 17.9. The van der Waals surface area contributed by atoms with Crippen molar-refractivity contribution in [1.82, 2.24) is 5.32 Å². The van der Waals surface area contributed by atoms with Crippen LogP contribution in [0.1, 0.15) is 35.2 Å². The highest BCUT2D eigenvalue weighted by Crippen LogP contribution is 2.17. The molecule has 4 nitrogen and oxygen atoms in total. The normalized spacial score (nSPS) is 12.7. The second-order valence-corrected chi connectivity index (χ2v) is 8.25. The van der Waals surface area contributed by atoms with Crippen molar-refractivity contribution in [1.29, 1.82) is 0 Å². The van der Waals surface area contributed by atoms with Crippen molar-refractivity contribution >= 4 is 15.7 Å². The second-order valence-electron chi connectivity index (χ2n) is 6.24. The minimum Gasteiger partial charge on any atom is -0.349 e. The number of aryl methyl sites for hydroxylation is 2. The summed E-state index contributed by atoms with van der Waals surface area (Å²) in [6, 6.07) is 12.5. The van der Waals surface area contributed by atoms with Gasteiger partial charge >= 0.3 is 0 Å². The molecular formula is C19H23NO3S. The summed E-state index contributed by atoms with van der Waals surface area (Å²) in [4.78, 5) is 12.5. The number of amides is 1. The lowest BCUT2D eigenvalue weighted by molar-refractivity contribution is -0.121. The molecule has 2 aromatic carbocycles. The van der Waals surface area contributed by atoms with Crippen molar-refractivity contribution in [2.45, 2.75) is 38.1 Å². The quantitative estimate of drug-likeness (QED) is 0.905. The van der Waals surface area contributed by atoms with Crippen LogP contribution in [0.5, 0.6) is 0 Å². The Morgan fingerprint density at radius 2 is 1.71 bits per heavy atom. The summed E-state index contributed by atoms with van der Waals surface area (Å²) in [6.45, 7) is 5.91. The van der Waals surface area contributed by atoms with Gasteiger partial charge in [-0.15, -0.1) is 0 Å². The Kier molecular flexibility index (Phi) is 5.44. The molecule has 1 unspecified atom stereocenters. The highest BCUT2D eigenvalue weighted by atomic mass is 32.2. The van der Waals surface area contributed by atoms with Gasteiger partial charge < -0.3 is 5.32 Å². The maximum Gasteiger partial charge on any atom is 0.224 e. The lowest BCUT2D eigenvalue weighted by Gasteiger charge is -2.15. The Hall–Kier alpha value is -2.14. The number of hydrogen-bond acceptors (Lipinski definition) is 3. The van der Waals surface area contributed by atoms with Crippen molar-refractivity contribution in [3.63, 3.8) is 0 Å². The average molecular weight is 345 g/mol. The Bertz CT molecular complexity index is 839. The molecule has 24 heavy (non-hydrogen) atoms. The van der Waals surface area contributed by atoms with Crippen LogP contribution in [-0.2, 0) is 21.1 Å². The maximum absolute atomic E-state index is 12.3. The molecule has 0 spiro atoms. The smallest absolute Gasteiger partial charge is 0.224 e. The van der Waals surface area contributed by atoms with Crippen molar-refractivity contribution in [2.75, 3.05) is 6.26 Å². The average Bonchev–Trinajstić information content (AvgIpc) is 2.49. The fraction of sp³-hybridized carbons (Fsp3) is 0.316. The van der Waals surface area contributed by atoms with Crippen molar-refractivity contribution < 1.29 is 13.2 Å². The molecule has 0 aliphatic heterocycles. The Labute approximate surface area is 143 Å². The minimum absolute atomic E-state index is 0.0540. The molecule has 0 aliphatic rings. The molecule has 2 aromatic rings. The van der Waals surface area contributed by atoms with Crippen LogP contribution >= 0.6 is 0 Å². The SMILES string of the molecule is Cc1ccc(CC(=O)NC(C)c2ccc(S(C)(=O)=O)cc2)c(C)c1. The number of rotatable bonds is 5. The molecule has 0 bridgehead atoms. The summed E-state index contributed by atoms with van der Waals surface area (Å²) in [6.07, 6.45) is 1.51. The van der Waals surface area contributed by atoms with E-state index in [2.05, 4.69) is 11.4 Å². The van der Waals surface area contributed by atoms with E-state index >= 15 is 0 Å². The standard InChI is InChI=1S/C19H23NO3S/c1-13-5-6-17(14(2)11-13)12-19(21)20-15(3)16-7-9-18(10-8-16)24(4,22)23/h5-11,15H,12H2,1-4H3,(H,20,21). The number of nitrogens with one attached hydrogen (secondary N) is 1. The first-order chi connectivity index (χ1) is 11.2. The van der Waals surface area contributed by atoms with Gasteiger partial charge in [-0.1, -0.05) is 35.9 Å². The van der Waals surface area contributed by atoms with Gasteiger partial charge in [0.15, 0.2) is 9.84 Å². The van der Waals surface area contributed by atoms with Gasteiger partial charge in [-0.05, 0) is 49.6 Å². The molecule has 1 N–H and O–H groups in total. The first kappa shape index (κ1) is 18.2. The van der Waals surface area contributed by atoms with Crippen molar-refractivity contribution in [3.8, 4) is 0 Å². The Morgan fingerprint density at radius 3 is 2.25 bits per heavy atom. The number of benzene rings is 2. The lowest BCUT2D eigenvalue weighted by Crippen LogP contribution is -2.28. The van der Waals surface area contributed by atoms with Crippen LogP contribution in [0.4, 0.5) is 0 Å². The third-order valence-electron chi connectivity index (χ3n) is 4.03. The van der Waals surface area contributed by atoms with Gasteiger partial charge in [0.2, 0.25) is 5.91 Å². The predicted molar refractivity (Wildman–Crippen MR) is 95.7 cm³/mol. The van der Waals surface area contributed by atoms with Crippen molar-refractivity contribution in [3.05, 3.63) is 64.7 Å². The summed E-state index contributed by atoms with van der Waals surface area (Å²) in [5.41, 5.74) is 4.17. The third kappa shape index (κ3) is 4.68. The summed E-state index contributed by atoms with van der Waals surface area (Å²) in [7, 11) is -3.20. The minimum atomic E-state index is -3.20. The molecular weight excluding hydrogens is 322 g/mol. The third-order valence-corrected chi connectivity index (χ3v) is 5.16. The summed E-state index contributed by atoms with van der Waals surface area (Å²) < 4.78 is 23.0. The topological polar surface area (TPSA) is 63.2 Å². The van der Waals surface area contributed by atoms with E-state index in [-0.39, 0.29) is 16.8 Å². The summed E-state index contributed by atoms with van der Waals surface area (Å²) >= 11 is 0. The molecule has 0 fully saturated rings. The molecule has 128 valence electrons. The van der Waals surface area contributed by atoms with Gasteiger partial charge in [0.25, 0.3) is 0 Å². The first-order valence-corrected chi connectivity index (χ1v) is 9.71. The number of carbonyl (C=O) groups is 1. The van der Waals surface area contributed by atoms with E-state index in [4.69, 9.17) is 0 Å². The van der Waals surface area contributed by atoms with Crippen LogP contribution in [0.15, 0.2) is 47.4 Å². The molecule has 0 radical (unpaired) electrons. The van der Waals surface area contributed by atoms with Gasteiger partial charge in [-0.25, -0.2) is 8.42 Å². The van der Waals surface area contributed by atoms with Crippen LogP contribution in [0, 0.1) is 13.8 Å².